The van der Waals surface area contributed by atoms with E-state index in [1.807, 2.05) is 152 Å². The van der Waals surface area contributed by atoms with Gasteiger partial charge in [0.2, 0.25) is 0 Å². The van der Waals surface area contributed by atoms with Gasteiger partial charge >= 0.3 is 0 Å². The monoisotopic (exact) mass is 806 g/mol. The highest BCUT2D eigenvalue weighted by molar-refractivity contribution is 5.17. The highest BCUT2D eigenvalue weighted by atomic mass is 16.7. The molecule has 2 saturated heterocycles. The van der Waals surface area contributed by atoms with Crippen LogP contribution in [0.2, 0.25) is 0 Å². The van der Waals surface area contributed by atoms with Crippen molar-refractivity contribution in [3.8, 4) is 0 Å². The Hall–Kier alpha value is -4.34. The molecule has 2 aliphatic rings. The fourth-order valence-corrected chi connectivity index (χ4v) is 7.34. The maximum absolute atomic E-state index is 11.5. The zero-order valence-electron chi connectivity index (χ0n) is 33.2. The molecule has 2 heterocycles. The minimum absolute atomic E-state index is 0.0641. The van der Waals surface area contributed by atoms with Crippen LogP contribution in [-0.2, 0) is 75.7 Å². The third kappa shape index (κ3) is 11.9. The summed E-state index contributed by atoms with van der Waals surface area (Å²) in [5.74, 6) is 0. The van der Waals surface area contributed by atoms with E-state index in [1.54, 1.807) is 7.11 Å². The number of aliphatic hydroxyl groups excluding tert-OH is 2. The molecule has 312 valence electrons. The van der Waals surface area contributed by atoms with E-state index in [1.165, 1.54) is 0 Å². The van der Waals surface area contributed by atoms with E-state index in [9.17, 15) is 10.2 Å². The van der Waals surface area contributed by atoms with E-state index in [0.717, 1.165) is 27.8 Å². The van der Waals surface area contributed by atoms with E-state index in [-0.39, 0.29) is 39.6 Å². The van der Waals surface area contributed by atoms with Gasteiger partial charge in [0, 0.05) is 7.11 Å². The molecule has 2 aliphatic heterocycles. The molecule has 5 aromatic carbocycles. The van der Waals surface area contributed by atoms with Crippen LogP contribution in [0.4, 0.5) is 0 Å². The molecule has 5 aromatic rings. The lowest BCUT2D eigenvalue weighted by molar-refractivity contribution is -0.347. The fraction of sp³-hybridized carbons (Fsp3) is 0.375. The summed E-state index contributed by atoms with van der Waals surface area (Å²) >= 11 is 0. The largest absolute Gasteiger partial charge is 0.394 e. The molecule has 0 bridgehead atoms. The zero-order chi connectivity index (χ0) is 40.7. The summed E-state index contributed by atoms with van der Waals surface area (Å²) < 4.78 is 58.6. The third-order valence-electron chi connectivity index (χ3n) is 10.5. The standard InChI is InChI=1S/C48H54O11/c1-51-47-46(56-32-38-25-15-6-16-26-38)44(54-30-36-21-11-4-12-22-36)42(52-28-34-17-7-2-8-18-34)40(59-47)33-57-48-45(55-31-37-23-13-5-14-24-37)43(41(50)39(27-49)58-48)53-29-35-19-9-3-10-20-35/h2-26,39-50H,27-33H2,1H3/t39-,40-,41-,42-,43+,44+,45-,46-,47+,48+/m1/s1. The SMILES string of the molecule is CO[C@H]1O[C@H](CO[C@H]2O[C@H](CO)[C@@H](O)[C@H](OCc3ccccc3)[C@H]2OCc2ccccc2)[C@@H](OCc2ccccc2)[C@H](OCc2ccccc2)[C@H]1OCc1ccccc1. The van der Waals surface area contributed by atoms with E-state index < -0.39 is 68.0 Å². The normalized spacial score (nSPS) is 27.0. The number of aliphatic hydroxyl groups is 2. The molecular formula is C48H54O11. The van der Waals surface area contributed by atoms with Gasteiger partial charge in [-0.3, -0.25) is 0 Å². The average molecular weight is 807 g/mol. The molecule has 2 fully saturated rings. The van der Waals surface area contributed by atoms with Gasteiger partial charge in [0.15, 0.2) is 12.6 Å². The summed E-state index contributed by atoms with van der Waals surface area (Å²) in [6.07, 6.45) is -8.87. The number of ether oxygens (including phenoxy) is 9. The minimum atomic E-state index is -1.21. The van der Waals surface area contributed by atoms with Crippen molar-refractivity contribution < 1.29 is 52.8 Å². The molecule has 0 saturated carbocycles. The van der Waals surface area contributed by atoms with E-state index in [0.29, 0.717) is 0 Å². The van der Waals surface area contributed by atoms with Crippen LogP contribution in [0, 0.1) is 0 Å². The first-order valence-corrected chi connectivity index (χ1v) is 20.1. The Balaban J connectivity index is 1.17. The van der Waals surface area contributed by atoms with E-state index in [2.05, 4.69) is 0 Å². The van der Waals surface area contributed by atoms with Crippen LogP contribution >= 0.6 is 0 Å². The lowest BCUT2D eigenvalue weighted by Crippen LogP contribution is -2.63. The summed E-state index contributed by atoms with van der Waals surface area (Å²) in [5, 5.41) is 21.9. The maximum Gasteiger partial charge on any atom is 0.187 e. The van der Waals surface area contributed by atoms with Gasteiger partial charge in [-0.15, -0.1) is 0 Å². The first-order valence-electron chi connectivity index (χ1n) is 20.1. The summed E-state index contributed by atoms with van der Waals surface area (Å²) in [6.45, 7) is 0.687. The van der Waals surface area contributed by atoms with Gasteiger partial charge < -0.3 is 52.8 Å². The quantitative estimate of drug-likeness (QED) is 0.0912. The fourth-order valence-electron chi connectivity index (χ4n) is 7.34. The number of hydrogen-bond acceptors (Lipinski definition) is 11. The van der Waals surface area contributed by atoms with Crippen LogP contribution in [0.1, 0.15) is 27.8 Å². The van der Waals surface area contributed by atoms with Gasteiger partial charge in [-0.25, -0.2) is 0 Å². The molecule has 0 aromatic heterocycles. The smallest absolute Gasteiger partial charge is 0.187 e. The lowest BCUT2D eigenvalue weighted by Gasteiger charge is -2.47. The molecular weight excluding hydrogens is 753 g/mol. The predicted molar refractivity (Wildman–Crippen MR) is 218 cm³/mol. The Bertz CT molecular complexity index is 1890. The molecule has 0 radical (unpaired) electrons. The van der Waals surface area contributed by atoms with Crippen LogP contribution < -0.4 is 0 Å². The van der Waals surface area contributed by atoms with Gasteiger partial charge in [0.1, 0.15) is 48.8 Å². The van der Waals surface area contributed by atoms with Crippen molar-refractivity contribution in [3.05, 3.63) is 179 Å². The minimum Gasteiger partial charge on any atom is -0.394 e. The van der Waals surface area contributed by atoms with Crippen molar-refractivity contribution in [2.24, 2.45) is 0 Å². The molecule has 11 nitrogen and oxygen atoms in total. The van der Waals surface area contributed by atoms with E-state index in [4.69, 9.17) is 42.6 Å². The summed E-state index contributed by atoms with van der Waals surface area (Å²) in [7, 11) is 1.57. The van der Waals surface area contributed by atoms with Gasteiger partial charge in [-0.1, -0.05) is 152 Å². The molecule has 0 spiro atoms. The highest BCUT2D eigenvalue weighted by Gasteiger charge is 2.51. The highest BCUT2D eigenvalue weighted by Crippen LogP contribution is 2.33. The molecule has 0 unspecified atom stereocenters. The van der Waals surface area contributed by atoms with Crippen LogP contribution in [0.15, 0.2) is 152 Å². The molecule has 0 aliphatic carbocycles. The Labute approximate surface area is 346 Å². The van der Waals surface area contributed by atoms with Crippen molar-refractivity contribution in [2.45, 2.75) is 94.4 Å². The van der Waals surface area contributed by atoms with Crippen molar-refractivity contribution in [1.82, 2.24) is 0 Å². The number of rotatable bonds is 20. The zero-order valence-corrected chi connectivity index (χ0v) is 33.2. The Morgan fingerprint density at radius 3 is 1.14 bits per heavy atom. The van der Waals surface area contributed by atoms with Crippen LogP contribution in [-0.4, -0.2) is 91.9 Å². The maximum atomic E-state index is 11.5. The number of benzene rings is 5. The van der Waals surface area contributed by atoms with Crippen molar-refractivity contribution in [1.29, 1.82) is 0 Å². The first kappa shape index (κ1) is 42.8. The molecule has 11 heteroatoms. The van der Waals surface area contributed by atoms with E-state index >= 15 is 0 Å². The topological polar surface area (TPSA) is 124 Å². The lowest BCUT2D eigenvalue weighted by atomic mass is 9.97. The average Bonchev–Trinajstić information content (AvgIpc) is 3.29. The second-order valence-electron chi connectivity index (χ2n) is 14.6. The molecule has 2 N–H and O–H groups in total. The molecule has 59 heavy (non-hydrogen) atoms. The van der Waals surface area contributed by atoms with Gasteiger partial charge in [-0.05, 0) is 27.8 Å². The van der Waals surface area contributed by atoms with Crippen LogP contribution in [0.5, 0.6) is 0 Å². The van der Waals surface area contributed by atoms with Crippen molar-refractivity contribution in [3.63, 3.8) is 0 Å². The number of hydrogen-bond donors (Lipinski definition) is 2. The molecule has 10 atom stereocenters. The van der Waals surface area contributed by atoms with Gasteiger partial charge in [0.25, 0.3) is 0 Å². The van der Waals surface area contributed by atoms with Crippen molar-refractivity contribution >= 4 is 0 Å². The predicted octanol–water partition coefficient (Wildman–Crippen LogP) is 6.38. The summed E-state index contributed by atoms with van der Waals surface area (Å²) in [5.41, 5.74) is 4.76. The van der Waals surface area contributed by atoms with Gasteiger partial charge in [0.05, 0.1) is 46.2 Å². The second-order valence-corrected chi connectivity index (χ2v) is 14.6. The van der Waals surface area contributed by atoms with Crippen molar-refractivity contribution in [2.75, 3.05) is 20.3 Å². The van der Waals surface area contributed by atoms with Crippen LogP contribution in [0.3, 0.4) is 0 Å². The first-order chi connectivity index (χ1) is 29.1. The Kier molecular flexibility index (Phi) is 16.2. The third-order valence-corrected chi connectivity index (χ3v) is 10.5. The summed E-state index contributed by atoms with van der Waals surface area (Å²) in [4.78, 5) is 0. The molecule has 0 amide bonds. The Morgan fingerprint density at radius 2 is 0.746 bits per heavy atom. The summed E-state index contributed by atoms with van der Waals surface area (Å²) in [6, 6.07) is 49.0. The molecule has 7 rings (SSSR count). The second kappa shape index (κ2) is 22.3. The Morgan fingerprint density at radius 1 is 0.407 bits per heavy atom. The van der Waals surface area contributed by atoms with Crippen LogP contribution in [0.25, 0.3) is 0 Å². The van der Waals surface area contributed by atoms with Gasteiger partial charge in [-0.2, -0.15) is 0 Å². The number of methoxy groups -OCH3 is 1.